The summed E-state index contributed by atoms with van der Waals surface area (Å²) >= 11 is 0. The summed E-state index contributed by atoms with van der Waals surface area (Å²) < 4.78 is 0. The highest BCUT2D eigenvalue weighted by molar-refractivity contribution is 4.89. The maximum absolute atomic E-state index is 6.46. The monoisotopic (exact) mass is 294 g/mol. The van der Waals surface area contributed by atoms with Crippen LogP contribution < -0.4 is 5.73 Å². The van der Waals surface area contributed by atoms with Crippen molar-refractivity contribution in [2.24, 2.45) is 28.9 Å². The molecule has 2 aliphatic rings. The lowest BCUT2D eigenvalue weighted by Crippen LogP contribution is -2.47. The smallest absolute Gasteiger partial charge is 0.00925 e. The molecule has 0 amide bonds. The Bertz CT molecular complexity index is 312. The van der Waals surface area contributed by atoms with E-state index >= 15 is 0 Å². The lowest BCUT2D eigenvalue weighted by atomic mass is 9.67. The SMILES string of the molecule is CC1CCC(N(C)CC2CC(C(C)(C)C)CCC2N)CC1. The van der Waals surface area contributed by atoms with Crippen molar-refractivity contribution in [1.82, 2.24) is 4.90 Å². The van der Waals surface area contributed by atoms with E-state index in [1.54, 1.807) is 0 Å². The Morgan fingerprint density at radius 1 is 1.00 bits per heavy atom. The van der Waals surface area contributed by atoms with Gasteiger partial charge in [-0.1, -0.05) is 27.7 Å². The molecular weight excluding hydrogens is 256 g/mol. The van der Waals surface area contributed by atoms with Crippen LogP contribution in [-0.4, -0.2) is 30.6 Å². The second-order valence-corrected chi connectivity index (χ2v) is 9.15. The van der Waals surface area contributed by atoms with Crippen molar-refractivity contribution in [3.05, 3.63) is 0 Å². The molecule has 0 saturated heterocycles. The first-order valence-electron chi connectivity index (χ1n) is 9.23. The maximum Gasteiger partial charge on any atom is 0.00925 e. The molecule has 2 heteroatoms. The first kappa shape index (κ1) is 17.3. The highest BCUT2D eigenvalue weighted by Gasteiger charge is 2.35. The van der Waals surface area contributed by atoms with Gasteiger partial charge < -0.3 is 10.6 Å². The topological polar surface area (TPSA) is 29.3 Å². The molecule has 2 saturated carbocycles. The number of hydrogen-bond acceptors (Lipinski definition) is 2. The lowest BCUT2D eigenvalue weighted by Gasteiger charge is -2.43. The van der Waals surface area contributed by atoms with Gasteiger partial charge in [0.2, 0.25) is 0 Å². The molecule has 2 aliphatic carbocycles. The standard InChI is InChI=1S/C19H38N2/c1-14-6-9-17(10-7-14)21(5)13-15-12-16(19(2,3)4)8-11-18(15)20/h14-18H,6-13,20H2,1-5H3. The molecule has 0 bridgehead atoms. The van der Waals surface area contributed by atoms with E-state index in [0.29, 0.717) is 17.4 Å². The van der Waals surface area contributed by atoms with Crippen LogP contribution in [0.3, 0.4) is 0 Å². The van der Waals surface area contributed by atoms with Crippen molar-refractivity contribution in [3.8, 4) is 0 Å². The molecule has 0 spiro atoms. The molecule has 0 radical (unpaired) electrons. The third-order valence-corrected chi connectivity index (χ3v) is 6.40. The first-order chi connectivity index (χ1) is 9.77. The van der Waals surface area contributed by atoms with Crippen molar-refractivity contribution >= 4 is 0 Å². The quantitative estimate of drug-likeness (QED) is 0.841. The van der Waals surface area contributed by atoms with Gasteiger partial charge in [-0.2, -0.15) is 0 Å². The summed E-state index contributed by atoms with van der Waals surface area (Å²) in [6, 6.07) is 1.23. The molecule has 124 valence electrons. The number of nitrogens with zero attached hydrogens (tertiary/aromatic N) is 1. The predicted octanol–water partition coefficient (Wildman–Crippen LogP) is 4.29. The molecule has 2 fully saturated rings. The van der Waals surface area contributed by atoms with Gasteiger partial charge in [-0.25, -0.2) is 0 Å². The van der Waals surface area contributed by atoms with Gasteiger partial charge in [0.25, 0.3) is 0 Å². The first-order valence-corrected chi connectivity index (χ1v) is 9.23. The minimum Gasteiger partial charge on any atom is -0.327 e. The molecule has 0 aromatic heterocycles. The molecule has 21 heavy (non-hydrogen) atoms. The molecule has 2 rings (SSSR count). The van der Waals surface area contributed by atoms with Crippen molar-refractivity contribution in [2.75, 3.05) is 13.6 Å². The van der Waals surface area contributed by atoms with Gasteiger partial charge in [-0.05, 0) is 75.2 Å². The Labute approximate surface area is 132 Å². The number of rotatable bonds is 3. The van der Waals surface area contributed by atoms with Gasteiger partial charge >= 0.3 is 0 Å². The van der Waals surface area contributed by atoms with Crippen LogP contribution in [0.4, 0.5) is 0 Å². The Morgan fingerprint density at radius 2 is 1.62 bits per heavy atom. The molecule has 2 nitrogen and oxygen atoms in total. The van der Waals surface area contributed by atoms with Crippen LogP contribution >= 0.6 is 0 Å². The largest absolute Gasteiger partial charge is 0.327 e. The van der Waals surface area contributed by atoms with E-state index in [-0.39, 0.29) is 0 Å². The molecule has 0 heterocycles. The molecule has 2 N–H and O–H groups in total. The Hall–Kier alpha value is -0.0800. The molecule has 3 atom stereocenters. The van der Waals surface area contributed by atoms with E-state index < -0.39 is 0 Å². The zero-order chi connectivity index (χ0) is 15.6. The summed E-state index contributed by atoms with van der Waals surface area (Å²) in [6.45, 7) is 10.8. The average Bonchev–Trinajstić information content (AvgIpc) is 2.40. The second kappa shape index (κ2) is 7.00. The fraction of sp³-hybridized carbons (Fsp3) is 1.00. The highest BCUT2D eigenvalue weighted by atomic mass is 15.1. The lowest BCUT2D eigenvalue weighted by molar-refractivity contribution is 0.0826. The van der Waals surface area contributed by atoms with Crippen molar-refractivity contribution < 1.29 is 0 Å². The van der Waals surface area contributed by atoms with Crippen LogP contribution in [0.25, 0.3) is 0 Å². The minimum absolute atomic E-state index is 0.425. The van der Waals surface area contributed by atoms with Gasteiger partial charge in [0.15, 0.2) is 0 Å². The summed E-state index contributed by atoms with van der Waals surface area (Å²) in [5.41, 5.74) is 6.90. The normalized spacial score (nSPS) is 38.7. The van der Waals surface area contributed by atoms with Crippen LogP contribution in [0, 0.1) is 23.2 Å². The summed E-state index contributed by atoms with van der Waals surface area (Å²) in [6.07, 6.45) is 9.49. The Kier molecular flexibility index (Phi) is 5.76. The summed E-state index contributed by atoms with van der Waals surface area (Å²) in [5.74, 6) is 2.49. The predicted molar refractivity (Wildman–Crippen MR) is 92.3 cm³/mol. The zero-order valence-electron chi connectivity index (χ0n) is 15.1. The van der Waals surface area contributed by atoms with Crippen LogP contribution in [-0.2, 0) is 0 Å². The number of nitrogens with two attached hydrogens (primary N) is 1. The zero-order valence-corrected chi connectivity index (χ0v) is 15.1. The molecular formula is C19H38N2. The van der Waals surface area contributed by atoms with Crippen molar-refractivity contribution in [3.63, 3.8) is 0 Å². The fourth-order valence-electron chi connectivity index (χ4n) is 4.49. The van der Waals surface area contributed by atoms with Gasteiger partial charge in [-0.15, -0.1) is 0 Å². The molecule has 0 aromatic carbocycles. The summed E-state index contributed by atoms with van der Waals surface area (Å²) in [7, 11) is 2.34. The van der Waals surface area contributed by atoms with E-state index in [1.165, 1.54) is 51.5 Å². The van der Waals surface area contributed by atoms with Gasteiger partial charge in [0, 0.05) is 18.6 Å². The Morgan fingerprint density at radius 3 is 2.19 bits per heavy atom. The van der Waals surface area contributed by atoms with E-state index in [4.69, 9.17) is 5.73 Å². The maximum atomic E-state index is 6.46. The van der Waals surface area contributed by atoms with Crippen LogP contribution in [0.15, 0.2) is 0 Å². The van der Waals surface area contributed by atoms with Crippen molar-refractivity contribution in [2.45, 2.75) is 84.7 Å². The summed E-state index contributed by atoms with van der Waals surface area (Å²) in [4.78, 5) is 2.64. The minimum atomic E-state index is 0.425. The van der Waals surface area contributed by atoms with Crippen LogP contribution in [0.2, 0.25) is 0 Å². The fourth-order valence-corrected chi connectivity index (χ4v) is 4.49. The third-order valence-electron chi connectivity index (χ3n) is 6.40. The van der Waals surface area contributed by atoms with Gasteiger partial charge in [0.05, 0.1) is 0 Å². The van der Waals surface area contributed by atoms with Crippen molar-refractivity contribution in [1.29, 1.82) is 0 Å². The summed E-state index contributed by atoms with van der Waals surface area (Å²) in [5, 5.41) is 0. The second-order valence-electron chi connectivity index (χ2n) is 9.15. The average molecular weight is 295 g/mol. The third kappa shape index (κ3) is 4.69. The highest BCUT2D eigenvalue weighted by Crippen LogP contribution is 2.40. The van der Waals surface area contributed by atoms with Gasteiger partial charge in [-0.3, -0.25) is 0 Å². The van der Waals surface area contributed by atoms with E-state index in [1.807, 2.05) is 0 Å². The Balaban J connectivity index is 1.87. The van der Waals surface area contributed by atoms with Gasteiger partial charge in [0.1, 0.15) is 0 Å². The van der Waals surface area contributed by atoms with Crippen LogP contribution in [0.1, 0.15) is 72.6 Å². The van der Waals surface area contributed by atoms with Crippen LogP contribution in [0.5, 0.6) is 0 Å². The van der Waals surface area contributed by atoms with E-state index in [0.717, 1.165) is 17.9 Å². The molecule has 0 aromatic rings. The number of hydrogen-bond donors (Lipinski definition) is 1. The van der Waals surface area contributed by atoms with E-state index in [2.05, 4.69) is 39.6 Å². The van der Waals surface area contributed by atoms with E-state index in [9.17, 15) is 0 Å². The molecule has 0 aliphatic heterocycles. The molecule has 3 unspecified atom stereocenters.